The number of hydrogen-bond acceptors (Lipinski definition) is 9. The monoisotopic (exact) mass is 896 g/mol. The Hall–Kier alpha value is -7.07. The number of fused-ring (bicyclic) bond motifs is 1. The Morgan fingerprint density at radius 2 is 1.55 bits per heavy atom. The molecule has 16 heteroatoms. The molecule has 7 N–H and O–H groups in total. The van der Waals surface area contributed by atoms with Gasteiger partial charge in [-0.3, -0.25) is 48.1 Å². The number of carbonyl (C=O) groups is 6. The van der Waals surface area contributed by atoms with Gasteiger partial charge >= 0.3 is 5.69 Å². The maximum Gasteiger partial charge on any atom is 0.329 e. The molecule has 4 aromatic carbocycles. The van der Waals surface area contributed by atoms with Crippen LogP contribution < -0.4 is 42.7 Å². The van der Waals surface area contributed by atoms with Gasteiger partial charge in [-0.1, -0.05) is 85.6 Å². The molecule has 1 unspecified atom stereocenters. The summed E-state index contributed by atoms with van der Waals surface area (Å²) in [6.07, 6.45) is 5.70. The first kappa shape index (κ1) is 45.5. The van der Waals surface area contributed by atoms with Crippen molar-refractivity contribution in [2.24, 2.45) is 18.5 Å². The van der Waals surface area contributed by atoms with E-state index in [1.807, 2.05) is 91.0 Å². The van der Waals surface area contributed by atoms with Gasteiger partial charge in [0.2, 0.25) is 35.4 Å². The second kappa shape index (κ2) is 20.0. The summed E-state index contributed by atoms with van der Waals surface area (Å²) in [5.41, 5.74) is 18.0. The number of aromatic nitrogens is 2. The first-order valence-electron chi connectivity index (χ1n) is 22.8. The third kappa shape index (κ3) is 9.64. The molecule has 0 bridgehead atoms. The highest BCUT2D eigenvalue weighted by Gasteiger charge is 2.44. The molecule has 1 aromatic heterocycles. The topological polar surface area (TPSA) is 230 Å². The van der Waals surface area contributed by atoms with Gasteiger partial charge in [-0.2, -0.15) is 0 Å². The van der Waals surface area contributed by atoms with Gasteiger partial charge in [0.25, 0.3) is 0 Å². The van der Waals surface area contributed by atoms with Crippen molar-refractivity contribution < 1.29 is 33.5 Å². The van der Waals surface area contributed by atoms with Crippen molar-refractivity contribution in [3.05, 3.63) is 129 Å². The number of unbranched alkanes of at least 4 members (excludes halogenated alkanes) is 3. The minimum atomic E-state index is -1.13. The standard InChI is InChI=1S/C50H56N8O8/c1-56-39-28-30(17-22-37(39)57(50(56)65)38-23-26-43(60)54-47(38)62)12-6-2-3-11-27-66-41-24-18-33-29-40(58-45(33)34(41)19-20-35(51)49(58)64)48(63)53-36(21-25-42(52)59)46(61)55-44(31-13-7-4-8-14-31)32-15-9-5-10-16-32/h4-5,7-10,13-18,22,24,28,35-36,38,40,44H,2-3,6,11-12,19-21,23,25-27,29,51H2,1H3,(H2,52,59)(H,53,63)(H,55,61)(H,54,60,62)/t35-,36-,38?,40-/m0/s1. The number of benzene rings is 4. The maximum absolute atomic E-state index is 14.3. The fraction of sp³-hybridized carbons (Fsp3) is 0.380. The third-order valence-electron chi connectivity index (χ3n) is 13.0. The lowest BCUT2D eigenvalue weighted by molar-refractivity contribution is -0.136. The van der Waals surface area contributed by atoms with Gasteiger partial charge in [-0.15, -0.1) is 0 Å². The molecule has 3 aliphatic heterocycles. The molecule has 6 amide bonds. The van der Waals surface area contributed by atoms with E-state index in [0.717, 1.165) is 65.4 Å². The Bertz CT molecular complexity index is 2680. The summed E-state index contributed by atoms with van der Waals surface area (Å²) in [6, 6.07) is 24.3. The first-order chi connectivity index (χ1) is 31.9. The molecular formula is C50H56N8O8. The Morgan fingerprint density at radius 3 is 2.24 bits per heavy atom. The number of amides is 6. The number of anilines is 1. The van der Waals surface area contributed by atoms with E-state index in [2.05, 4.69) is 16.0 Å². The zero-order valence-electron chi connectivity index (χ0n) is 37.0. The van der Waals surface area contributed by atoms with Gasteiger partial charge in [0.15, 0.2) is 0 Å². The van der Waals surface area contributed by atoms with Crippen LogP contribution in [0.1, 0.15) is 97.7 Å². The number of aryl methyl sites for hydroxylation is 2. The van der Waals surface area contributed by atoms with Gasteiger partial charge < -0.3 is 26.8 Å². The van der Waals surface area contributed by atoms with Crippen LogP contribution in [-0.2, 0) is 55.1 Å². The van der Waals surface area contributed by atoms with Crippen molar-refractivity contribution in [3.8, 4) is 5.75 Å². The number of nitrogens with two attached hydrogens (primary N) is 2. The van der Waals surface area contributed by atoms with E-state index >= 15 is 0 Å². The zero-order chi connectivity index (χ0) is 46.5. The van der Waals surface area contributed by atoms with Crippen molar-refractivity contribution in [2.75, 3.05) is 11.5 Å². The molecule has 1 fully saturated rings. The lowest BCUT2D eigenvalue weighted by Gasteiger charge is -2.29. The number of nitrogens with zero attached hydrogens (tertiary/aromatic N) is 3. The molecule has 0 aliphatic carbocycles. The number of ether oxygens (including phenoxy) is 1. The SMILES string of the molecule is Cn1c(=O)n(C2CCC(=O)NC2=O)c2ccc(CCCCCCOc3ccc4c5c3CC[C@H](N)C(=O)N5[C@H](C(=O)N[C@@H](CCC(N)=O)C(=O)NC(c3ccccc3)c3ccccc3)C4)cc21. The van der Waals surface area contributed by atoms with Crippen LogP contribution >= 0.6 is 0 Å². The van der Waals surface area contributed by atoms with Gasteiger partial charge in [0, 0.05) is 31.9 Å². The molecule has 0 spiro atoms. The third-order valence-corrected chi connectivity index (χ3v) is 13.0. The molecule has 0 saturated carbocycles. The van der Waals surface area contributed by atoms with E-state index < -0.39 is 53.8 Å². The molecule has 4 heterocycles. The highest BCUT2D eigenvalue weighted by Crippen LogP contribution is 2.43. The van der Waals surface area contributed by atoms with Crippen LogP contribution in [0.4, 0.5) is 5.69 Å². The highest BCUT2D eigenvalue weighted by atomic mass is 16.5. The average Bonchev–Trinajstić information content (AvgIpc) is 3.78. The fourth-order valence-electron chi connectivity index (χ4n) is 9.52. The second-order valence-electron chi connectivity index (χ2n) is 17.5. The minimum absolute atomic E-state index is 0.0413. The Labute approximate surface area is 382 Å². The molecule has 3 aliphatic rings. The summed E-state index contributed by atoms with van der Waals surface area (Å²) >= 11 is 0. The van der Waals surface area contributed by atoms with Crippen LogP contribution in [0.15, 0.2) is 95.8 Å². The predicted molar refractivity (Wildman–Crippen MR) is 247 cm³/mol. The van der Waals surface area contributed by atoms with Crippen molar-refractivity contribution in [2.45, 2.75) is 107 Å². The lowest BCUT2D eigenvalue weighted by Crippen LogP contribution is -2.56. The second-order valence-corrected chi connectivity index (χ2v) is 17.5. The highest BCUT2D eigenvalue weighted by molar-refractivity contribution is 6.07. The molecule has 66 heavy (non-hydrogen) atoms. The number of imidazole rings is 1. The lowest BCUT2D eigenvalue weighted by atomic mass is 9.97. The Balaban J connectivity index is 0.891. The molecule has 5 aromatic rings. The van der Waals surface area contributed by atoms with Gasteiger partial charge in [0.05, 0.1) is 35.4 Å². The maximum atomic E-state index is 14.3. The summed E-state index contributed by atoms with van der Waals surface area (Å²) < 4.78 is 9.40. The number of carbonyl (C=O) groups excluding carboxylic acids is 6. The number of piperidine rings is 1. The smallest absolute Gasteiger partial charge is 0.329 e. The van der Waals surface area contributed by atoms with Crippen molar-refractivity contribution in [1.29, 1.82) is 0 Å². The van der Waals surface area contributed by atoms with Crippen LogP contribution in [0.25, 0.3) is 11.0 Å². The van der Waals surface area contributed by atoms with Crippen molar-refractivity contribution >= 4 is 52.2 Å². The predicted octanol–water partition coefficient (Wildman–Crippen LogP) is 3.69. The zero-order valence-corrected chi connectivity index (χ0v) is 37.0. The molecule has 8 rings (SSSR count). The fourth-order valence-corrected chi connectivity index (χ4v) is 9.52. The van der Waals surface area contributed by atoms with Crippen LogP contribution in [0.3, 0.4) is 0 Å². The normalized spacial score (nSPS) is 18.4. The summed E-state index contributed by atoms with van der Waals surface area (Å²) in [5, 5.41) is 8.29. The Morgan fingerprint density at radius 1 is 0.833 bits per heavy atom. The molecular weight excluding hydrogens is 841 g/mol. The van der Waals surface area contributed by atoms with Crippen LogP contribution in [0.2, 0.25) is 0 Å². The van der Waals surface area contributed by atoms with Crippen LogP contribution in [0, 0.1) is 0 Å². The van der Waals surface area contributed by atoms with Crippen LogP contribution in [-0.4, -0.2) is 69.3 Å². The number of nitrogens with one attached hydrogen (secondary N) is 3. The number of imide groups is 1. The molecule has 16 nitrogen and oxygen atoms in total. The summed E-state index contributed by atoms with van der Waals surface area (Å²) in [4.78, 5) is 93.2. The van der Waals surface area contributed by atoms with Gasteiger partial charge in [-0.05, 0) is 85.4 Å². The van der Waals surface area contributed by atoms with Crippen LogP contribution in [0.5, 0.6) is 5.75 Å². The number of primary amides is 1. The van der Waals surface area contributed by atoms with Gasteiger partial charge in [-0.25, -0.2) is 4.79 Å². The van der Waals surface area contributed by atoms with E-state index in [1.165, 1.54) is 9.47 Å². The molecule has 4 atom stereocenters. The minimum Gasteiger partial charge on any atom is -0.493 e. The summed E-state index contributed by atoms with van der Waals surface area (Å²) in [7, 11) is 1.69. The van der Waals surface area contributed by atoms with Crippen molar-refractivity contribution in [3.63, 3.8) is 0 Å². The van der Waals surface area contributed by atoms with E-state index in [4.69, 9.17) is 16.2 Å². The van der Waals surface area contributed by atoms with E-state index in [9.17, 15) is 33.6 Å². The molecule has 1 saturated heterocycles. The molecule has 0 radical (unpaired) electrons. The van der Waals surface area contributed by atoms with Gasteiger partial charge in [0.1, 0.15) is 23.9 Å². The number of rotatable bonds is 18. The van der Waals surface area contributed by atoms with E-state index in [1.54, 1.807) is 11.6 Å². The Kier molecular flexibility index (Phi) is 13.8. The number of hydrogen-bond donors (Lipinski definition) is 5. The first-order valence-corrected chi connectivity index (χ1v) is 22.8. The molecule has 344 valence electrons. The van der Waals surface area contributed by atoms with E-state index in [0.29, 0.717) is 36.4 Å². The summed E-state index contributed by atoms with van der Waals surface area (Å²) in [5.74, 6) is -2.19. The summed E-state index contributed by atoms with van der Waals surface area (Å²) in [6.45, 7) is 0.446. The van der Waals surface area contributed by atoms with E-state index in [-0.39, 0.29) is 49.6 Å². The van der Waals surface area contributed by atoms with Crippen molar-refractivity contribution in [1.82, 2.24) is 25.1 Å². The largest absolute Gasteiger partial charge is 0.493 e. The average molecular weight is 897 g/mol. The quantitative estimate of drug-likeness (QED) is 0.0637.